The summed E-state index contributed by atoms with van der Waals surface area (Å²) in [5.41, 5.74) is 2.73. The Kier molecular flexibility index (Phi) is 6.72. The van der Waals surface area contributed by atoms with E-state index in [4.69, 9.17) is 4.74 Å². The number of isothiocyanates is 1. The molecule has 0 saturated heterocycles. The molecule has 0 aliphatic rings. The van der Waals surface area contributed by atoms with Gasteiger partial charge >= 0.3 is 6.09 Å². The van der Waals surface area contributed by atoms with Gasteiger partial charge in [-0.3, -0.25) is 0 Å². The maximum absolute atomic E-state index is 11.5. The number of nitrogens with one attached hydrogen (secondary N) is 1. The summed E-state index contributed by atoms with van der Waals surface area (Å²) in [6.45, 7) is 0.658. The van der Waals surface area contributed by atoms with E-state index in [0.29, 0.717) is 6.54 Å². The van der Waals surface area contributed by atoms with Gasteiger partial charge in [-0.15, -0.1) is 0 Å². The van der Waals surface area contributed by atoms with E-state index in [1.165, 1.54) is 0 Å². The van der Waals surface area contributed by atoms with Crippen LogP contribution < -0.4 is 5.32 Å². The van der Waals surface area contributed by atoms with Crippen LogP contribution in [0.5, 0.6) is 0 Å². The third-order valence-electron chi connectivity index (χ3n) is 2.96. The molecule has 2 aromatic carbocycles. The van der Waals surface area contributed by atoms with Gasteiger partial charge in [0.15, 0.2) is 0 Å². The van der Waals surface area contributed by atoms with Crippen LogP contribution in [-0.2, 0) is 11.3 Å². The monoisotopic (exact) mass is 324 g/mol. The number of ether oxygens (including phenoxy) is 1. The second-order valence-corrected chi connectivity index (χ2v) is 4.82. The van der Waals surface area contributed by atoms with Gasteiger partial charge in [-0.25, -0.2) is 4.79 Å². The summed E-state index contributed by atoms with van der Waals surface area (Å²) >= 11 is 4.55. The highest BCUT2D eigenvalue weighted by molar-refractivity contribution is 7.78. The van der Waals surface area contributed by atoms with E-state index in [-0.39, 0.29) is 6.61 Å². The van der Waals surface area contributed by atoms with Gasteiger partial charge in [-0.05, 0) is 35.5 Å². The highest BCUT2D eigenvalue weighted by Gasteiger charge is 2.00. The summed E-state index contributed by atoms with van der Waals surface area (Å²) in [5.74, 6) is 0. The number of alkyl carbamates (subject to hydrolysis) is 1. The Morgan fingerprint density at radius 3 is 2.61 bits per heavy atom. The standard InChI is InChI=1S/C18H16N2O2S/c21-18(22-13-16-5-2-1-3-6-16)19-12-4-7-15-8-10-17(11-9-15)20-14-23/h1-11H,12-13H2,(H,19,21). The molecule has 23 heavy (non-hydrogen) atoms. The van der Waals surface area contributed by atoms with Crippen molar-refractivity contribution in [1.29, 1.82) is 0 Å². The Bertz CT molecular complexity index is 706. The summed E-state index contributed by atoms with van der Waals surface area (Å²) < 4.78 is 5.11. The van der Waals surface area contributed by atoms with Crippen molar-refractivity contribution in [2.45, 2.75) is 6.61 Å². The van der Waals surface area contributed by atoms with E-state index in [1.54, 1.807) is 0 Å². The van der Waals surface area contributed by atoms with Gasteiger partial charge in [-0.2, -0.15) is 4.99 Å². The maximum atomic E-state index is 11.5. The number of carbonyl (C=O) groups is 1. The zero-order chi connectivity index (χ0) is 16.3. The zero-order valence-electron chi connectivity index (χ0n) is 12.4. The molecular weight excluding hydrogens is 308 g/mol. The molecule has 2 rings (SSSR count). The number of aliphatic imine (C=N–C) groups is 1. The smallest absolute Gasteiger partial charge is 0.407 e. The highest BCUT2D eigenvalue weighted by atomic mass is 32.1. The lowest BCUT2D eigenvalue weighted by Crippen LogP contribution is -2.24. The molecule has 5 heteroatoms. The number of nitrogens with zero attached hydrogens (tertiary/aromatic N) is 1. The maximum Gasteiger partial charge on any atom is 0.407 e. The Balaban J connectivity index is 1.71. The minimum Gasteiger partial charge on any atom is -0.445 e. The van der Waals surface area contributed by atoms with Gasteiger partial charge < -0.3 is 10.1 Å². The third kappa shape index (κ3) is 6.26. The van der Waals surface area contributed by atoms with Crippen LogP contribution in [0.3, 0.4) is 0 Å². The van der Waals surface area contributed by atoms with Crippen LogP contribution in [0.15, 0.2) is 65.7 Å². The van der Waals surface area contributed by atoms with Gasteiger partial charge in [0.1, 0.15) is 6.61 Å². The number of rotatable bonds is 6. The van der Waals surface area contributed by atoms with Gasteiger partial charge in [0.25, 0.3) is 0 Å². The quantitative estimate of drug-likeness (QED) is 0.634. The predicted molar refractivity (Wildman–Crippen MR) is 94.8 cm³/mol. The molecule has 0 heterocycles. The van der Waals surface area contributed by atoms with E-state index >= 15 is 0 Å². The minimum atomic E-state index is -0.441. The molecule has 0 bridgehead atoms. The van der Waals surface area contributed by atoms with Crippen molar-refractivity contribution in [2.75, 3.05) is 6.54 Å². The van der Waals surface area contributed by atoms with Crippen molar-refractivity contribution >= 4 is 35.2 Å². The molecule has 0 aliphatic carbocycles. The van der Waals surface area contributed by atoms with Crippen LogP contribution in [-0.4, -0.2) is 17.8 Å². The summed E-state index contributed by atoms with van der Waals surface area (Å²) in [6, 6.07) is 17.1. The average molecular weight is 324 g/mol. The number of carbonyl (C=O) groups excluding carboxylic acids is 1. The Morgan fingerprint density at radius 1 is 1.17 bits per heavy atom. The van der Waals surface area contributed by atoms with Crippen molar-refractivity contribution in [2.24, 2.45) is 4.99 Å². The van der Waals surface area contributed by atoms with Crippen LogP contribution in [0.2, 0.25) is 0 Å². The van der Waals surface area contributed by atoms with E-state index in [0.717, 1.165) is 16.8 Å². The summed E-state index contributed by atoms with van der Waals surface area (Å²) in [7, 11) is 0. The Hall–Kier alpha value is -2.75. The molecule has 0 fully saturated rings. The molecule has 0 spiro atoms. The first-order chi connectivity index (χ1) is 11.3. The fourth-order valence-corrected chi connectivity index (χ4v) is 1.93. The normalized spacial score (nSPS) is 10.1. The van der Waals surface area contributed by atoms with Crippen molar-refractivity contribution in [3.63, 3.8) is 0 Å². The molecule has 0 unspecified atom stereocenters. The summed E-state index contributed by atoms with van der Waals surface area (Å²) in [5, 5.41) is 4.99. The highest BCUT2D eigenvalue weighted by Crippen LogP contribution is 2.12. The van der Waals surface area contributed by atoms with Crippen LogP contribution in [0.4, 0.5) is 10.5 Å². The summed E-state index contributed by atoms with van der Waals surface area (Å²) in [6.07, 6.45) is 3.31. The Morgan fingerprint density at radius 2 is 1.91 bits per heavy atom. The van der Waals surface area contributed by atoms with Crippen molar-refractivity contribution < 1.29 is 9.53 Å². The average Bonchev–Trinajstić information content (AvgIpc) is 2.59. The van der Waals surface area contributed by atoms with E-state index in [1.807, 2.05) is 66.7 Å². The lowest BCUT2D eigenvalue weighted by atomic mass is 10.2. The van der Waals surface area contributed by atoms with E-state index < -0.39 is 6.09 Å². The van der Waals surface area contributed by atoms with Crippen molar-refractivity contribution in [3.8, 4) is 0 Å². The molecule has 0 aromatic heterocycles. The first kappa shape index (κ1) is 16.6. The van der Waals surface area contributed by atoms with Gasteiger partial charge in [0.05, 0.1) is 10.8 Å². The fourth-order valence-electron chi connectivity index (χ4n) is 1.82. The van der Waals surface area contributed by atoms with Crippen LogP contribution >= 0.6 is 12.2 Å². The molecule has 1 amide bonds. The summed E-state index contributed by atoms with van der Waals surface area (Å²) in [4.78, 5) is 15.4. The minimum absolute atomic E-state index is 0.262. The Labute approximate surface area is 140 Å². The van der Waals surface area contributed by atoms with Gasteiger partial charge in [0.2, 0.25) is 0 Å². The van der Waals surface area contributed by atoms with Crippen LogP contribution in [0, 0.1) is 0 Å². The molecular formula is C18H16N2O2S. The lowest BCUT2D eigenvalue weighted by molar-refractivity contribution is 0.141. The number of amides is 1. The number of benzene rings is 2. The molecule has 0 radical (unpaired) electrons. The fraction of sp³-hybridized carbons (Fsp3) is 0.111. The van der Waals surface area contributed by atoms with Crippen LogP contribution in [0.25, 0.3) is 6.08 Å². The number of hydrogen-bond acceptors (Lipinski definition) is 4. The lowest BCUT2D eigenvalue weighted by Gasteiger charge is -2.05. The zero-order valence-corrected chi connectivity index (χ0v) is 13.3. The molecule has 0 atom stereocenters. The first-order valence-electron chi connectivity index (χ1n) is 7.07. The molecule has 0 aliphatic heterocycles. The molecule has 1 N–H and O–H groups in total. The molecule has 0 saturated carbocycles. The third-order valence-corrected chi connectivity index (χ3v) is 3.05. The second-order valence-electron chi connectivity index (χ2n) is 4.64. The van der Waals surface area contributed by atoms with Crippen molar-refractivity contribution in [1.82, 2.24) is 5.32 Å². The van der Waals surface area contributed by atoms with Gasteiger partial charge in [-0.1, -0.05) is 54.6 Å². The molecule has 4 nitrogen and oxygen atoms in total. The predicted octanol–water partition coefficient (Wildman–Crippen LogP) is 4.36. The van der Waals surface area contributed by atoms with Crippen LogP contribution in [0.1, 0.15) is 11.1 Å². The largest absolute Gasteiger partial charge is 0.445 e. The number of hydrogen-bond donors (Lipinski definition) is 1. The van der Waals surface area contributed by atoms with Crippen molar-refractivity contribution in [3.05, 3.63) is 71.8 Å². The van der Waals surface area contributed by atoms with E-state index in [2.05, 4.69) is 27.7 Å². The van der Waals surface area contributed by atoms with E-state index in [9.17, 15) is 4.79 Å². The van der Waals surface area contributed by atoms with Gasteiger partial charge in [0, 0.05) is 6.54 Å². The molecule has 116 valence electrons. The first-order valence-corrected chi connectivity index (χ1v) is 7.48. The topological polar surface area (TPSA) is 50.7 Å². The molecule has 2 aromatic rings. The SMILES string of the molecule is O=C(NCC=Cc1ccc(N=C=S)cc1)OCc1ccccc1. The number of thiocarbonyl (C=S) groups is 1. The second kappa shape index (κ2) is 9.30.